The molecule has 0 aliphatic heterocycles. The van der Waals surface area contributed by atoms with Gasteiger partial charge in [0.05, 0.1) is 6.04 Å². The third kappa shape index (κ3) is 2.56. The van der Waals surface area contributed by atoms with Crippen molar-refractivity contribution in [1.29, 1.82) is 0 Å². The minimum atomic E-state index is -0.773. The Bertz CT molecular complexity index is 440. The van der Waals surface area contributed by atoms with E-state index in [1.165, 1.54) is 5.56 Å². The second kappa shape index (κ2) is 5.15. The van der Waals surface area contributed by atoms with Crippen LogP contribution in [0.2, 0.25) is 0 Å². The summed E-state index contributed by atoms with van der Waals surface area (Å²) in [4.78, 5) is 11.1. The number of nitrogens with one attached hydrogen (secondary N) is 1. The van der Waals surface area contributed by atoms with Crippen molar-refractivity contribution in [3.8, 4) is 0 Å². The van der Waals surface area contributed by atoms with E-state index < -0.39 is 12.0 Å². The molecule has 17 heavy (non-hydrogen) atoms. The highest BCUT2D eigenvalue weighted by Gasteiger charge is 2.23. The number of fused-ring (bicyclic) bond motifs is 1. The van der Waals surface area contributed by atoms with Gasteiger partial charge in [-0.3, -0.25) is 10.1 Å². The van der Waals surface area contributed by atoms with Gasteiger partial charge in [-0.15, -0.1) is 0 Å². The molecule has 1 aromatic rings. The number of carboxylic acid groups (broad SMARTS) is 1. The van der Waals surface area contributed by atoms with Crippen LogP contribution in [0.4, 0.5) is 0 Å². The highest BCUT2D eigenvalue weighted by atomic mass is 16.4. The first-order chi connectivity index (χ1) is 8.22. The predicted molar refractivity (Wildman–Crippen MR) is 67.7 cm³/mol. The lowest BCUT2D eigenvalue weighted by atomic mass is 10.1. The molecule has 2 atom stereocenters. The van der Waals surface area contributed by atoms with Crippen molar-refractivity contribution in [2.75, 3.05) is 0 Å². The molecule has 90 valence electrons. The average molecular weight is 231 g/mol. The van der Waals surface area contributed by atoms with Gasteiger partial charge in [0, 0.05) is 0 Å². The van der Waals surface area contributed by atoms with Crippen LogP contribution in [0.15, 0.2) is 30.3 Å². The Morgan fingerprint density at radius 1 is 1.47 bits per heavy atom. The van der Waals surface area contributed by atoms with E-state index in [4.69, 9.17) is 5.11 Å². The van der Waals surface area contributed by atoms with Crippen molar-refractivity contribution in [3.05, 3.63) is 41.5 Å². The zero-order valence-corrected chi connectivity index (χ0v) is 9.89. The molecule has 0 spiro atoms. The van der Waals surface area contributed by atoms with E-state index in [-0.39, 0.29) is 6.04 Å². The van der Waals surface area contributed by atoms with Crippen LogP contribution in [-0.2, 0) is 4.79 Å². The Kier molecular flexibility index (Phi) is 3.59. The molecule has 1 aromatic carbocycles. The average Bonchev–Trinajstić information content (AvgIpc) is 2.72. The standard InChI is InChI=1S/C14H17NO2/c1-2-5-13(14(16)17)15-12-9-8-10-6-3-4-7-11(10)12/h3-4,6-9,12-13,15H,2,5H2,1H3,(H,16,17). The van der Waals surface area contributed by atoms with E-state index in [2.05, 4.69) is 5.32 Å². The number of hydrogen-bond acceptors (Lipinski definition) is 2. The molecule has 0 heterocycles. The molecule has 0 radical (unpaired) electrons. The molecular weight excluding hydrogens is 214 g/mol. The summed E-state index contributed by atoms with van der Waals surface area (Å²) < 4.78 is 0. The fourth-order valence-corrected chi connectivity index (χ4v) is 2.18. The van der Waals surface area contributed by atoms with Crippen LogP contribution < -0.4 is 5.32 Å². The summed E-state index contributed by atoms with van der Waals surface area (Å²) in [6, 6.07) is 7.61. The third-order valence-corrected chi connectivity index (χ3v) is 3.06. The van der Waals surface area contributed by atoms with Crippen molar-refractivity contribution >= 4 is 12.0 Å². The lowest BCUT2D eigenvalue weighted by Crippen LogP contribution is -2.38. The van der Waals surface area contributed by atoms with Crippen molar-refractivity contribution in [1.82, 2.24) is 5.32 Å². The number of carbonyl (C=O) groups is 1. The van der Waals surface area contributed by atoms with E-state index in [0.717, 1.165) is 12.0 Å². The van der Waals surface area contributed by atoms with E-state index in [9.17, 15) is 4.79 Å². The lowest BCUT2D eigenvalue weighted by Gasteiger charge is -2.19. The Hall–Kier alpha value is -1.61. The van der Waals surface area contributed by atoms with Gasteiger partial charge in [-0.05, 0) is 17.5 Å². The summed E-state index contributed by atoms with van der Waals surface area (Å²) >= 11 is 0. The summed E-state index contributed by atoms with van der Waals surface area (Å²) in [6.07, 6.45) is 5.58. The highest BCUT2D eigenvalue weighted by Crippen LogP contribution is 2.28. The maximum atomic E-state index is 11.1. The molecule has 0 bridgehead atoms. The molecule has 1 aliphatic rings. The molecule has 0 fully saturated rings. The van der Waals surface area contributed by atoms with Crippen LogP contribution in [0.5, 0.6) is 0 Å². The minimum absolute atomic E-state index is 0.0267. The van der Waals surface area contributed by atoms with E-state index in [1.807, 2.05) is 43.3 Å². The van der Waals surface area contributed by atoms with Crippen LogP contribution in [0.3, 0.4) is 0 Å². The summed E-state index contributed by atoms with van der Waals surface area (Å²) in [7, 11) is 0. The van der Waals surface area contributed by atoms with Crippen LogP contribution >= 0.6 is 0 Å². The third-order valence-electron chi connectivity index (χ3n) is 3.06. The molecule has 2 unspecified atom stereocenters. The predicted octanol–water partition coefficient (Wildman–Crippen LogP) is 2.60. The quantitative estimate of drug-likeness (QED) is 0.819. The van der Waals surface area contributed by atoms with E-state index in [0.29, 0.717) is 6.42 Å². The first-order valence-corrected chi connectivity index (χ1v) is 5.98. The maximum Gasteiger partial charge on any atom is 0.320 e. The van der Waals surface area contributed by atoms with Gasteiger partial charge in [0.2, 0.25) is 0 Å². The van der Waals surface area contributed by atoms with Gasteiger partial charge in [0.25, 0.3) is 0 Å². The van der Waals surface area contributed by atoms with Crippen LogP contribution in [-0.4, -0.2) is 17.1 Å². The Morgan fingerprint density at radius 2 is 2.24 bits per heavy atom. The van der Waals surface area contributed by atoms with Gasteiger partial charge in [-0.25, -0.2) is 0 Å². The van der Waals surface area contributed by atoms with Crippen LogP contribution in [0, 0.1) is 0 Å². The topological polar surface area (TPSA) is 49.3 Å². The highest BCUT2D eigenvalue weighted by molar-refractivity contribution is 5.74. The molecule has 3 heteroatoms. The fraction of sp³-hybridized carbons (Fsp3) is 0.357. The SMILES string of the molecule is CCCC(NC1C=Cc2ccccc21)C(=O)O. The summed E-state index contributed by atoms with van der Waals surface area (Å²) in [5, 5.41) is 12.3. The van der Waals surface area contributed by atoms with E-state index in [1.54, 1.807) is 0 Å². The smallest absolute Gasteiger partial charge is 0.320 e. The van der Waals surface area contributed by atoms with Gasteiger partial charge in [-0.2, -0.15) is 0 Å². The van der Waals surface area contributed by atoms with Gasteiger partial charge in [0.15, 0.2) is 0 Å². The molecule has 0 saturated heterocycles. The van der Waals surface area contributed by atoms with Crippen LogP contribution in [0.1, 0.15) is 36.9 Å². The van der Waals surface area contributed by atoms with Crippen LogP contribution in [0.25, 0.3) is 6.08 Å². The lowest BCUT2D eigenvalue weighted by molar-refractivity contribution is -0.139. The normalized spacial score (nSPS) is 19.0. The number of aliphatic carboxylic acids is 1. The van der Waals surface area contributed by atoms with Gasteiger partial charge >= 0.3 is 5.97 Å². The molecular formula is C14H17NO2. The molecule has 2 rings (SSSR count). The summed E-state index contributed by atoms with van der Waals surface area (Å²) in [5.41, 5.74) is 2.33. The second-order valence-electron chi connectivity index (χ2n) is 4.31. The van der Waals surface area contributed by atoms with Crippen molar-refractivity contribution in [2.45, 2.75) is 31.8 Å². The van der Waals surface area contributed by atoms with Crippen molar-refractivity contribution in [2.24, 2.45) is 0 Å². The Balaban J connectivity index is 2.10. The number of hydrogen-bond donors (Lipinski definition) is 2. The molecule has 0 amide bonds. The first kappa shape index (κ1) is 11.9. The minimum Gasteiger partial charge on any atom is -0.480 e. The largest absolute Gasteiger partial charge is 0.480 e. The molecule has 0 aromatic heterocycles. The van der Waals surface area contributed by atoms with Gasteiger partial charge in [-0.1, -0.05) is 49.8 Å². The zero-order valence-electron chi connectivity index (χ0n) is 9.89. The molecule has 3 nitrogen and oxygen atoms in total. The summed E-state index contributed by atoms with van der Waals surface area (Å²) in [6.45, 7) is 2.00. The monoisotopic (exact) mass is 231 g/mol. The fourth-order valence-electron chi connectivity index (χ4n) is 2.18. The van der Waals surface area contributed by atoms with Gasteiger partial charge < -0.3 is 5.11 Å². The molecule has 2 N–H and O–H groups in total. The van der Waals surface area contributed by atoms with Crippen molar-refractivity contribution in [3.63, 3.8) is 0 Å². The first-order valence-electron chi connectivity index (χ1n) is 5.98. The zero-order chi connectivity index (χ0) is 12.3. The number of rotatable bonds is 5. The second-order valence-corrected chi connectivity index (χ2v) is 4.31. The van der Waals surface area contributed by atoms with E-state index >= 15 is 0 Å². The Labute approximate surface area is 101 Å². The maximum absolute atomic E-state index is 11.1. The number of benzene rings is 1. The molecule has 0 saturated carbocycles. The molecule has 1 aliphatic carbocycles. The van der Waals surface area contributed by atoms with Crippen molar-refractivity contribution < 1.29 is 9.90 Å². The number of carboxylic acids is 1. The summed E-state index contributed by atoms with van der Waals surface area (Å²) in [5.74, 6) is -0.773. The Morgan fingerprint density at radius 3 is 2.94 bits per heavy atom. The van der Waals surface area contributed by atoms with Gasteiger partial charge in [0.1, 0.15) is 6.04 Å².